The van der Waals surface area contributed by atoms with Crippen molar-refractivity contribution in [2.45, 2.75) is 187 Å². The molecule has 4 aliphatic heterocycles. The first kappa shape index (κ1) is 54.1. The zero-order chi connectivity index (χ0) is 51.8. The summed E-state index contributed by atoms with van der Waals surface area (Å²) in [4.78, 5) is 84.9. The maximum Gasteiger partial charge on any atom is 0.246 e. The molecule has 394 valence electrons. The molecule has 2 aromatic rings. The summed E-state index contributed by atoms with van der Waals surface area (Å²) >= 11 is 3.44. The Morgan fingerprint density at radius 2 is 1.01 bits per heavy atom. The van der Waals surface area contributed by atoms with Gasteiger partial charge in [-0.3, -0.25) is 28.8 Å². The van der Waals surface area contributed by atoms with Gasteiger partial charge in [-0.25, -0.2) is 0 Å². The van der Waals surface area contributed by atoms with Crippen molar-refractivity contribution < 1.29 is 38.2 Å². The molecule has 8 unspecified atom stereocenters. The molecule has 8 rings (SSSR count). The highest BCUT2D eigenvalue weighted by molar-refractivity contribution is 8.00. The van der Waals surface area contributed by atoms with Crippen molar-refractivity contribution in [3.05, 3.63) is 70.8 Å². The summed E-state index contributed by atoms with van der Waals surface area (Å²) in [6.07, 6.45) is 6.89. The molecule has 4 saturated heterocycles. The third-order valence-corrected chi connectivity index (χ3v) is 19.6. The molecule has 18 heteroatoms. The maximum atomic E-state index is 14.5. The van der Waals surface area contributed by atoms with E-state index >= 15 is 0 Å². The van der Waals surface area contributed by atoms with Gasteiger partial charge < -0.3 is 52.0 Å². The number of benzene rings is 2. The molecular weight excluding hydrogens is 953 g/mol. The first-order valence-corrected chi connectivity index (χ1v) is 28.0. The van der Waals surface area contributed by atoms with Crippen LogP contribution in [0, 0.1) is 10.8 Å². The number of fused-ring (bicyclic) bond motifs is 4. The molecule has 72 heavy (non-hydrogen) atoms. The fourth-order valence-electron chi connectivity index (χ4n) is 12.7. The van der Waals surface area contributed by atoms with E-state index < -0.39 is 58.9 Å². The number of likely N-dealkylation sites (N-methyl/N-ethyl adjacent to an activating group) is 2. The first-order chi connectivity index (χ1) is 34.3. The predicted octanol–water partition coefficient (Wildman–Crippen LogP) is 4.07. The van der Waals surface area contributed by atoms with Crippen LogP contribution in [0.1, 0.15) is 127 Å². The van der Waals surface area contributed by atoms with Gasteiger partial charge in [0.25, 0.3) is 0 Å². The second-order valence-corrected chi connectivity index (χ2v) is 25.3. The summed E-state index contributed by atoms with van der Waals surface area (Å²) in [6.45, 7) is 12.6. The zero-order valence-electron chi connectivity index (χ0n) is 43.3. The van der Waals surface area contributed by atoms with Gasteiger partial charge in [0.2, 0.25) is 35.4 Å². The summed E-state index contributed by atoms with van der Waals surface area (Å²) in [7, 11) is 3.42. The number of primary amides is 2. The third kappa shape index (κ3) is 11.0. The van der Waals surface area contributed by atoms with E-state index in [9.17, 15) is 28.8 Å². The van der Waals surface area contributed by atoms with Crippen molar-refractivity contribution in [3.8, 4) is 0 Å². The summed E-state index contributed by atoms with van der Waals surface area (Å²) < 4.78 is 13.7. The highest BCUT2D eigenvalue weighted by atomic mass is 32.2. The van der Waals surface area contributed by atoms with Gasteiger partial charge in [-0.1, -0.05) is 89.1 Å². The normalized spacial score (nSPS) is 32.2. The Morgan fingerprint density at radius 3 is 1.38 bits per heavy atom. The lowest BCUT2D eigenvalue weighted by Gasteiger charge is -2.32. The summed E-state index contributed by atoms with van der Waals surface area (Å²) in [5.41, 5.74) is 15.8. The number of ether oxygens (including phenoxy) is 2. The Morgan fingerprint density at radius 1 is 0.639 bits per heavy atom. The molecule has 6 amide bonds. The lowest BCUT2D eigenvalue weighted by Crippen LogP contribution is -2.57. The molecule has 0 spiro atoms. The van der Waals surface area contributed by atoms with Crippen molar-refractivity contribution in [2.24, 2.45) is 22.3 Å². The summed E-state index contributed by atoms with van der Waals surface area (Å²) in [5, 5.41) is 11.3. The molecule has 16 nitrogen and oxygen atoms in total. The number of hydrogen-bond acceptors (Lipinski definition) is 12. The van der Waals surface area contributed by atoms with E-state index in [4.69, 9.17) is 20.9 Å². The van der Waals surface area contributed by atoms with Crippen molar-refractivity contribution in [2.75, 3.05) is 27.3 Å². The molecule has 4 heterocycles. The van der Waals surface area contributed by atoms with Gasteiger partial charge in [-0.2, -0.15) is 0 Å². The number of nitrogens with zero attached hydrogens (tertiary/aromatic N) is 2. The van der Waals surface area contributed by atoms with E-state index in [0.717, 1.165) is 38.5 Å². The van der Waals surface area contributed by atoms with Crippen LogP contribution in [0.2, 0.25) is 0 Å². The SMILES string of the molecule is CN[C@@H](C)C(=O)NC1CC([C@H]2c3ccccc3C[C@H]2OCCCCCCO[C@@H]2Cc3ccccc3[C@@H]2C2CC(NC(=O)[C@H](C)NC)C(=O)N3C(CC(C)(C)C3C(N)=O)S2)SC2CC(C)(C)C(C(N)=O)N2C1=O. The minimum atomic E-state index is -0.830. The number of hydrogen-bond donors (Lipinski definition) is 6. The van der Waals surface area contributed by atoms with Crippen molar-refractivity contribution >= 4 is 59.0 Å². The van der Waals surface area contributed by atoms with Crippen LogP contribution in [0.15, 0.2) is 48.5 Å². The smallest absolute Gasteiger partial charge is 0.246 e. The van der Waals surface area contributed by atoms with Crippen molar-refractivity contribution in [1.29, 1.82) is 0 Å². The number of nitrogens with one attached hydrogen (secondary N) is 4. The van der Waals surface area contributed by atoms with Crippen LogP contribution in [0.5, 0.6) is 0 Å². The van der Waals surface area contributed by atoms with Crippen molar-refractivity contribution in [1.82, 2.24) is 31.1 Å². The van der Waals surface area contributed by atoms with Crippen molar-refractivity contribution in [3.63, 3.8) is 0 Å². The Labute approximate surface area is 434 Å². The van der Waals surface area contributed by atoms with Crippen LogP contribution in [-0.4, -0.2) is 142 Å². The number of rotatable bonds is 19. The molecule has 6 aliphatic rings. The van der Waals surface area contributed by atoms with Crippen LogP contribution in [0.4, 0.5) is 0 Å². The standard InChI is InChI=1S/C54H78N8O8S2/c1-29(57-7)49(65)59-35-25-39(71-41-27-53(3,4)45(47(55)63)61(41)51(35)67)43-33-19-13-11-17-31(33)23-37(43)69-21-15-9-10-16-22-70-38-24-32-18-12-14-20-34(32)44(38)40-26-36(60-50(66)30(2)58-8)52(68)62-42(72-40)28-54(5,6)46(62)48(56)64/h11-14,17-20,29-30,35-46,57-58H,9-10,15-16,21-28H2,1-8H3,(H2,55,63)(H2,56,64)(H,59,65)(H,60,66)/t29-,30-,35?,36?,37+,38+,39?,40?,41?,42?,43-,44-,45?,46?/m0/s1. The zero-order valence-corrected chi connectivity index (χ0v) is 45.0. The third-order valence-electron chi connectivity index (χ3n) is 16.6. The van der Waals surface area contributed by atoms with Crippen LogP contribution in [0.3, 0.4) is 0 Å². The molecule has 2 aliphatic carbocycles. The Balaban J connectivity index is 0.906. The quantitative estimate of drug-likeness (QED) is 0.110. The van der Waals surface area contributed by atoms with E-state index in [1.54, 1.807) is 61.3 Å². The monoisotopic (exact) mass is 1030 g/mol. The first-order valence-electron chi connectivity index (χ1n) is 26.1. The number of carbonyl (C=O) groups excluding carboxylic acids is 6. The van der Waals surface area contributed by atoms with E-state index in [1.165, 1.54) is 22.3 Å². The van der Waals surface area contributed by atoms with Crippen LogP contribution in [0.25, 0.3) is 0 Å². The fourth-order valence-corrected chi connectivity index (χ4v) is 16.9. The van der Waals surface area contributed by atoms with Gasteiger partial charge in [-0.05, 0) is 112 Å². The van der Waals surface area contributed by atoms with E-state index in [2.05, 4.69) is 69.8 Å². The van der Waals surface area contributed by atoms with Gasteiger partial charge in [0, 0.05) is 35.5 Å². The van der Waals surface area contributed by atoms with Gasteiger partial charge in [0.05, 0.1) is 35.0 Å². The van der Waals surface area contributed by atoms with Gasteiger partial charge >= 0.3 is 0 Å². The lowest BCUT2D eigenvalue weighted by atomic mass is 9.84. The van der Waals surface area contributed by atoms with Gasteiger partial charge in [0.1, 0.15) is 24.2 Å². The van der Waals surface area contributed by atoms with E-state index in [0.29, 0.717) is 38.9 Å². The maximum absolute atomic E-state index is 14.5. The second kappa shape index (κ2) is 22.3. The Kier molecular flexibility index (Phi) is 16.8. The van der Waals surface area contributed by atoms with Crippen LogP contribution >= 0.6 is 23.5 Å². The van der Waals surface area contributed by atoms with E-state index in [-0.39, 0.29) is 68.9 Å². The topological polar surface area (TPSA) is 228 Å². The molecule has 4 fully saturated rings. The minimum Gasteiger partial charge on any atom is -0.377 e. The number of unbranched alkanes of at least 4 members (excludes halogenated alkanes) is 3. The molecule has 2 aromatic carbocycles. The Hall–Kier alpha value is -4.20. The average Bonchev–Trinajstić information content (AvgIpc) is 4.01. The second-order valence-electron chi connectivity index (χ2n) is 22.4. The summed E-state index contributed by atoms with van der Waals surface area (Å²) in [5.74, 6) is -2.22. The van der Waals surface area contributed by atoms with Gasteiger partial charge in [-0.15, -0.1) is 23.5 Å². The molecular formula is C54H78N8O8S2. The van der Waals surface area contributed by atoms with Gasteiger partial charge in [0.15, 0.2) is 0 Å². The predicted molar refractivity (Wildman–Crippen MR) is 281 cm³/mol. The number of nitrogens with two attached hydrogens (primary N) is 2. The largest absolute Gasteiger partial charge is 0.377 e. The van der Waals surface area contributed by atoms with Crippen LogP contribution in [-0.2, 0) is 51.1 Å². The highest BCUT2D eigenvalue weighted by Crippen LogP contribution is 2.54. The lowest BCUT2D eigenvalue weighted by molar-refractivity contribution is -0.142. The molecule has 0 radical (unpaired) electrons. The molecule has 0 aromatic heterocycles. The number of amides is 6. The fraction of sp³-hybridized carbons (Fsp3) is 0.667. The molecule has 0 bridgehead atoms. The average molecular weight is 1030 g/mol. The Bertz CT molecular complexity index is 2190. The number of carbonyl (C=O) groups is 6. The molecule has 8 N–H and O–H groups in total. The molecule has 14 atom stereocenters. The van der Waals surface area contributed by atoms with E-state index in [1.807, 2.05) is 27.7 Å². The minimum absolute atomic E-state index is 0.0336. The highest BCUT2D eigenvalue weighted by Gasteiger charge is 2.58. The molecule has 0 saturated carbocycles. The summed E-state index contributed by atoms with van der Waals surface area (Å²) in [6, 6.07) is 12.6. The number of thioether (sulfide) groups is 2. The van der Waals surface area contributed by atoms with Crippen LogP contribution < -0.4 is 32.7 Å².